The molecule has 0 radical (unpaired) electrons. The van der Waals surface area contributed by atoms with Gasteiger partial charge < -0.3 is 0 Å². The molecule has 0 spiro atoms. The standard InChI is InChI=1S/C21H23N3O2/c1-12-8-17(9-13(2)16(12)5)22-23-18-10-14(3)21(15(4)11-18)24-19(25)6-7-20(24)26/h8-11H,6-7H2,1-5H3/b23-22+. The van der Waals surface area contributed by atoms with Crippen LogP contribution >= 0.6 is 0 Å². The first kappa shape index (κ1) is 18.0. The number of aryl methyl sites for hydroxylation is 4. The number of hydrogen-bond acceptors (Lipinski definition) is 4. The van der Waals surface area contributed by atoms with Crippen LogP contribution < -0.4 is 4.90 Å². The van der Waals surface area contributed by atoms with Crippen molar-refractivity contribution in [2.45, 2.75) is 47.5 Å². The minimum absolute atomic E-state index is 0.138. The Labute approximate surface area is 153 Å². The van der Waals surface area contributed by atoms with E-state index >= 15 is 0 Å². The van der Waals surface area contributed by atoms with Gasteiger partial charge in [-0.1, -0.05) is 0 Å². The summed E-state index contributed by atoms with van der Waals surface area (Å²) in [6.07, 6.45) is 0.566. The highest BCUT2D eigenvalue weighted by Gasteiger charge is 2.32. The topological polar surface area (TPSA) is 62.1 Å². The van der Waals surface area contributed by atoms with Gasteiger partial charge in [0.05, 0.1) is 17.1 Å². The molecule has 26 heavy (non-hydrogen) atoms. The third-order valence-electron chi connectivity index (χ3n) is 4.94. The molecule has 3 rings (SSSR count). The second-order valence-corrected chi connectivity index (χ2v) is 6.96. The van der Waals surface area contributed by atoms with E-state index in [9.17, 15) is 9.59 Å². The fourth-order valence-electron chi connectivity index (χ4n) is 3.36. The van der Waals surface area contributed by atoms with Crippen molar-refractivity contribution < 1.29 is 9.59 Å². The van der Waals surface area contributed by atoms with Gasteiger partial charge in [-0.2, -0.15) is 10.2 Å². The molecule has 1 saturated heterocycles. The zero-order valence-electron chi connectivity index (χ0n) is 15.9. The Morgan fingerprint density at radius 3 is 1.50 bits per heavy atom. The largest absolute Gasteiger partial charge is 0.274 e. The van der Waals surface area contributed by atoms with Gasteiger partial charge in [0.15, 0.2) is 0 Å². The number of carbonyl (C=O) groups is 2. The van der Waals surface area contributed by atoms with E-state index in [1.807, 2.05) is 38.1 Å². The van der Waals surface area contributed by atoms with Crippen LogP contribution in [0.3, 0.4) is 0 Å². The molecule has 2 aromatic rings. The lowest BCUT2D eigenvalue weighted by molar-refractivity contribution is -0.121. The number of nitrogens with zero attached hydrogens (tertiary/aromatic N) is 3. The number of azo groups is 1. The Morgan fingerprint density at radius 1 is 0.692 bits per heavy atom. The number of benzene rings is 2. The van der Waals surface area contributed by atoms with Gasteiger partial charge in [0.25, 0.3) is 0 Å². The maximum Gasteiger partial charge on any atom is 0.234 e. The van der Waals surface area contributed by atoms with Gasteiger partial charge in [0, 0.05) is 12.8 Å². The quantitative estimate of drug-likeness (QED) is 0.558. The molecule has 5 heteroatoms. The summed E-state index contributed by atoms with van der Waals surface area (Å²) >= 11 is 0. The molecule has 1 aliphatic heterocycles. The third-order valence-corrected chi connectivity index (χ3v) is 4.94. The summed E-state index contributed by atoms with van der Waals surface area (Å²) in [6, 6.07) is 7.75. The van der Waals surface area contributed by atoms with Crippen LogP contribution in [0, 0.1) is 34.6 Å². The van der Waals surface area contributed by atoms with Crippen LogP contribution in [-0.2, 0) is 9.59 Å². The van der Waals surface area contributed by atoms with E-state index in [1.54, 1.807) is 0 Å². The molecule has 0 aromatic heterocycles. The van der Waals surface area contributed by atoms with Gasteiger partial charge in [-0.05, 0) is 86.7 Å². The zero-order valence-corrected chi connectivity index (χ0v) is 15.9. The van der Waals surface area contributed by atoms with Crippen molar-refractivity contribution in [2.24, 2.45) is 10.2 Å². The van der Waals surface area contributed by atoms with Gasteiger partial charge in [0.1, 0.15) is 0 Å². The minimum Gasteiger partial charge on any atom is -0.274 e. The van der Waals surface area contributed by atoms with Crippen LogP contribution in [0.4, 0.5) is 17.1 Å². The monoisotopic (exact) mass is 349 g/mol. The number of amides is 2. The first-order chi connectivity index (χ1) is 12.3. The molecule has 1 aliphatic rings. The summed E-state index contributed by atoms with van der Waals surface area (Å²) < 4.78 is 0. The SMILES string of the molecule is Cc1cc(/N=N/c2cc(C)c(N3C(=O)CCC3=O)c(C)c2)cc(C)c1C. The van der Waals surface area contributed by atoms with Crippen molar-refractivity contribution in [1.82, 2.24) is 0 Å². The summed E-state index contributed by atoms with van der Waals surface area (Å²) in [4.78, 5) is 25.4. The Balaban J connectivity index is 1.93. The first-order valence-electron chi connectivity index (χ1n) is 8.74. The Hall–Kier alpha value is -2.82. The van der Waals surface area contributed by atoms with Crippen LogP contribution in [0.15, 0.2) is 34.5 Å². The molecule has 2 aromatic carbocycles. The predicted octanol–water partition coefficient (Wildman–Crippen LogP) is 5.30. The fourth-order valence-corrected chi connectivity index (χ4v) is 3.36. The molecule has 1 heterocycles. The second kappa shape index (κ2) is 6.83. The van der Waals surface area contributed by atoms with E-state index in [1.165, 1.54) is 21.6 Å². The van der Waals surface area contributed by atoms with E-state index in [0.717, 1.165) is 16.8 Å². The molecule has 0 unspecified atom stereocenters. The normalized spacial score (nSPS) is 14.7. The molecule has 134 valence electrons. The highest BCUT2D eigenvalue weighted by molar-refractivity contribution is 6.20. The Bertz CT molecular complexity index is 882. The van der Waals surface area contributed by atoms with Crippen LogP contribution in [0.2, 0.25) is 0 Å². The van der Waals surface area contributed by atoms with Crippen LogP contribution in [0.1, 0.15) is 40.7 Å². The van der Waals surface area contributed by atoms with Crippen molar-refractivity contribution in [3.8, 4) is 0 Å². The van der Waals surface area contributed by atoms with E-state index in [-0.39, 0.29) is 24.7 Å². The van der Waals surface area contributed by atoms with Gasteiger partial charge in [-0.3, -0.25) is 14.5 Å². The lowest BCUT2D eigenvalue weighted by Gasteiger charge is -2.19. The molecule has 0 bridgehead atoms. The van der Waals surface area contributed by atoms with E-state index < -0.39 is 0 Å². The lowest BCUT2D eigenvalue weighted by atomic mass is 10.0. The van der Waals surface area contributed by atoms with Crippen molar-refractivity contribution >= 4 is 28.9 Å². The van der Waals surface area contributed by atoms with E-state index in [0.29, 0.717) is 11.4 Å². The van der Waals surface area contributed by atoms with Gasteiger partial charge >= 0.3 is 0 Å². The minimum atomic E-state index is -0.138. The van der Waals surface area contributed by atoms with Crippen LogP contribution in [0.5, 0.6) is 0 Å². The summed E-state index contributed by atoms with van der Waals surface area (Å²) in [5.41, 5.74) is 7.53. The van der Waals surface area contributed by atoms with Gasteiger partial charge in [-0.15, -0.1) is 0 Å². The maximum absolute atomic E-state index is 12.0. The highest BCUT2D eigenvalue weighted by atomic mass is 16.2. The molecule has 0 saturated carbocycles. The average Bonchev–Trinajstić information content (AvgIpc) is 2.89. The van der Waals surface area contributed by atoms with Gasteiger partial charge in [0.2, 0.25) is 11.8 Å². The second-order valence-electron chi connectivity index (χ2n) is 6.96. The number of anilines is 1. The van der Waals surface area contributed by atoms with E-state index in [4.69, 9.17) is 0 Å². The molecule has 2 amide bonds. The number of carbonyl (C=O) groups excluding carboxylic acids is 2. The lowest BCUT2D eigenvalue weighted by Crippen LogP contribution is -2.30. The van der Waals surface area contributed by atoms with Gasteiger partial charge in [-0.25, -0.2) is 0 Å². The molecular formula is C21H23N3O2. The molecule has 0 N–H and O–H groups in total. The number of imide groups is 1. The smallest absolute Gasteiger partial charge is 0.234 e. The highest BCUT2D eigenvalue weighted by Crippen LogP contribution is 2.33. The molecule has 0 aliphatic carbocycles. The molecule has 5 nitrogen and oxygen atoms in total. The summed E-state index contributed by atoms with van der Waals surface area (Å²) in [5, 5.41) is 8.71. The average molecular weight is 349 g/mol. The maximum atomic E-state index is 12.0. The molecular weight excluding hydrogens is 326 g/mol. The van der Waals surface area contributed by atoms with Crippen molar-refractivity contribution in [2.75, 3.05) is 4.90 Å². The number of hydrogen-bond donors (Lipinski definition) is 0. The Kier molecular flexibility index (Phi) is 4.72. The molecule has 1 fully saturated rings. The number of rotatable bonds is 3. The first-order valence-corrected chi connectivity index (χ1v) is 8.74. The van der Waals surface area contributed by atoms with Crippen molar-refractivity contribution in [1.29, 1.82) is 0 Å². The Morgan fingerprint density at radius 2 is 1.08 bits per heavy atom. The third kappa shape index (κ3) is 3.29. The molecule has 0 atom stereocenters. The summed E-state index contributed by atoms with van der Waals surface area (Å²) in [7, 11) is 0. The zero-order chi connectivity index (χ0) is 19.0. The van der Waals surface area contributed by atoms with E-state index in [2.05, 4.69) is 31.0 Å². The predicted molar refractivity (Wildman–Crippen MR) is 102 cm³/mol. The van der Waals surface area contributed by atoms with Crippen LogP contribution in [0.25, 0.3) is 0 Å². The fraction of sp³-hybridized carbons (Fsp3) is 0.333. The summed E-state index contributed by atoms with van der Waals surface area (Å²) in [5.74, 6) is -0.276. The van der Waals surface area contributed by atoms with Crippen LogP contribution in [-0.4, -0.2) is 11.8 Å². The van der Waals surface area contributed by atoms with Crippen molar-refractivity contribution in [3.05, 3.63) is 52.1 Å². The summed E-state index contributed by atoms with van der Waals surface area (Å²) in [6.45, 7) is 10.0. The van der Waals surface area contributed by atoms with Crippen molar-refractivity contribution in [3.63, 3.8) is 0 Å².